The molecule has 86 valence electrons. The molecule has 0 aromatic heterocycles. The summed E-state index contributed by atoms with van der Waals surface area (Å²) in [5, 5.41) is 2.51. The lowest BCUT2D eigenvalue weighted by Crippen LogP contribution is -2.12. The number of rotatable bonds is 3. The van der Waals surface area contributed by atoms with E-state index in [0.29, 0.717) is 11.5 Å². The first-order valence-corrected chi connectivity index (χ1v) is 6.18. The highest BCUT2D eigenvalue weighted by molar-refractivity contribution is 7.55. The van der Waals surface area contributed by atoms with Crippen LogP contribution in [-0.2, 0) is 9.36 Å². The smallest absolute Gasteiger partial charge is 0.322 e. The van der Waals surface area contributed by atoms with Gasteiger partial charge in [-0.05, 0) is 19.1 Å². The lowest BCUT2D eigenvalue weighted by molar-refractivity contribution is -0.112. The number of amides is 1. The van der Waals surface area contributed by atoms with Crippen LogP contribution in [0.3, 0.4) is 0 Å². The van der Waals surface area contributed by atoms with Crippen LogP contribution in [-0.4, -0.2) is 15.7 Å². The van der Waals surface area contributed by atoms with E-state index in [1.54, 1.807) is 30.3 Å². The fourth-order valence-corrected chi connectivity index (χ4v) is 1.68. The maximum atomic E-state index is 11.5. The van der Waals surface area contributed by atoms with E-state index in [1.165, 1.54) is 6.92 Å². The van der Waals surface area contributed by atoms with Gasteiger partial charge in [-0.25, -0.2) is 0 Å². The van der Waals surface area contributed by atoms with Gasteiger partial charge in [0.1, 0.15) is 0 Å². The summed E-state index contributed by atoms with van der Waals surface area (Å²) in [7, 11) is -4.30. The molecule has 0 bridgehead atoms. The number of carbonyl (C=O) groups is 1. The lowest BCUT2D eigenvalue weighted by atomic mass is 10.3. The molecule has 6 heteroatoms. The summed E-state index contributed by atoms with van der Waals surface area (Å²) < 4.78 is 10.6. The highest BCUT2D eigenvalue weighted by Gasteiger charge is 2.13. The molecule has 5 nitrogen and oxygen atoms in total. The minimum atomic E-state index is -4.30. The summed E-state index contributed by atoms with van der Waals surface area (Å²) in [6, 6.07) is 8.66. The molecule has 0 radical (unpaired) electrons. The van der Waals surface area contributed by atoms with Crippen molar-refractivity contribution in [2.45, 2.75) is 6.92 Å². The first-order chi connectivity index (χ1) is 7.38. The number of carbonyl (C=O) groups excluding carboxylic acids is 1. The second kappa shape index (κ2) is 5.07. The van der Waals surface area contributed by atoms with Gasteiger partial charge in [0, 0.05) is 17.1 Å². The first kappa shape index (κ1) is 12.6. The lowest BCUT2D eigenvalue weighted by Gasteiger charge is -2.05. The number of hydrogen-bond acceptors (Lipinski definition) is 2. The third kappa shape index (κ3) is 4.40. The Morgan fingerprint density at radius 2 is 1.88 bits per heavy atom. The van der Waals surface area contributed by atoms with Gasteiger partial charge in [-0.3, -0.25) is 9.36 Å². The fourth-order valence-electron chi connectivity index (χ4n) is 1.06. The van der Waals surface area contributed by atoms with Crippen LogP contribution in [0.25, 0.3) is 0 Å². The Morgan fingerprint density at radius 3 is 2.38 bits per heavy atom. The van der Waals surface area contributed by atoms with Crippen molar-refractivity contribution in [3.63, 3.8) is 0 Å². The highest BCUT2D eigenvalue weighted by atomic mass is 31.2. The molecule has 0 spiro atoms. The van der Waals surface area contributed by atoms with Gasteiger partial charge in [0.2, 0.25) is 0 Å². The van der Waals surface area contributed by atoms with Crippen LogP contribution in [0.5, 0.6) is 0 Å². The second-order valence-electron chi connectivity index (χ2n) is 3.22. The first-order valence-electron chi connectivity index (χ1n) is 4.49. The van der Waals surface area contributed by atoms with E-state index in [4.69, 9.17) is 9.79 Å². The summed E-state index contributed by atoms with van der Waals surface area (Å²) in [5.41, 5.74) is 0.558. The second-order valence-corrected chi connectivity index (χ2v) is 4.66. The van der Waals surface area contributed by atoms with Gasteiger partial charge in [0.15, 0.2) is 0 Å². The summed E-state index contributed by atoms with van der Waals surface area (Å²) in [4.78, 5) is 28.8. The van der Waals surface area contributed by atoms with E-state index in [2.05, 4.69) is 5.32 Å². The maximum absolute atomic E-state index is 11.5. The largest absolute Gasteiger partial charge is 0.349 e. The minimum Gasteiger partial charge on any atom is -0.322 e. The number of hydrogen-bond donors (Lipinski definition) is 3. The van der Waals surface area contributed by atoms with Crippen LogP contribution in [0.15, 0.2) is 41.7 Å². The number of benzene rings is 1. The molecule has 0 unspecified atom stereocenters. The van der Waals surface area contributed by atoms with Crippen molar-refractivity contribution in [1.29, 1.82) is 0 Å². The normalized spacial score (nSPS) is 12.3. The van der Waals surface area contributed by atoms with E-state index >= 15 is 0 Å². The molecule has 0 atom stereocenters. The minimum absolute atomic E-state index is 0.0165. The zero-order chi connectivity index (χ0) is 12.2. The van der Waals surface area contributed by atoms with Gasteiger partial charge in [0.25, 0.3) is 5.91 Å². The van der Waals surface area contributed by atoms with Crippen molar-refractivity contribution in [3.8, 4) is 0 Å². The molecular weight excluding hydrogens is 229 g/mol. The zero-order valence-electron chi connectivity index (χ0n) is 8.62. The molecule has 16 heavy (non-hydrogen) atoms. The van der Waals surface area contributed by atoms with Crippen molar-refractivity contribution >= 4 is 19.2 Å². The monoisotopic (exact) mass is 241 g/mol. The summed E-state index contributed by atoms with van der Waals surface area (Å²) >= 11 is 0. The van der Waals surface area contributed by atoms with Crippen molar-refractivity contribution in [2.24, 2.45) is 0 Å². The molecule has 1 rings (SSSR count). The van der Waals surface area contributed by atoms with E-state index < -0.39 is 13.5 Å². The van der Waals surface area contributed by atoms with Crippen LogP contribution in [0.4, 0.5) is 5.69 Å². The van der Waals surface area contributed by atoms with Gasteiger partial charge in [-0.15, -0.1) is 0 Å². The molecule has 1 amide bonds. The van der Waals surface area contributed by atoms with Crippen molar-refractivity contribution in [3.05, 3.63) is 41.7 Å². The Morgan fingerprint density at radius 1 is 1.31 bits per heavy atom. The summed E-state index contributed by atoms with van der Waals surface area (Å²) in [5.74, 6) is 0.111. The third-order valence-corrected chi connectivity index (χ3v) is 2.48. The Labute approximate surface area is 93.0 Å². The molecule has 3 N–H and O–H groups in total. The van der Waals surface area contributed by atoms with E-state index in [-0.39, 0.29) is 5.57 Å². The topological polar surface area (TPSA) is 86.6 Å². The van der Waals surface area contributed by atoms with E-state index in [0.717, 1.165) is 0 Å². The summed E-state index contributed by atoms with van der Waals surface area (Å²) in [6.07, 6.45) is 0. The maximum Gasteiger partial charge on any atom is 0.349 e. The standard InChI is InChI=1S/C10H12NO4P/c1-8(7-16(13,14)15)10(12)11-9-5-3-2-4-6-9/h2-7H,1H3,(H,11,12)(H2,13,14,15)/b8-7+. The molecule has 1 aromatic rings. The van der Waals surface area contributed by atoms with Crippen LogP contribution in [0, 0.1) is 0 Å². The van der Waals surface area contributed by atoms with Crippen LogP contribution in [0.1, 0.15) is 6.92 Å². The van der Waals surface area contributed by atoms with Crippen molar-refractivity contribution in [2.75, 3.05) is 5.32 Å². The predicted octanol–water partition coefficient (Wildman–Crippen LogP) is 1.71. The molecule has 0 aliphatic carbocycles. The fraction of sp³-hybridized carbons (Fsp3) is 0.100. The van der Waals surface area contributed by atoms with Crippen LogP contribution < -0.4 is 5.32 Å². The van der Waals surface area contributed by atoms with Crippen molar-refractivity contribution in [1.82, 2.24) is 0 Å². The number of para-hydroxylation sites is 1. The molecule has 0 aliphatic heterocycles. The van der Waals surface area contributed by atoms with Crippen LogP contribution >= 0.6 is 7.60 Å². The SMILES string of the molecule is C/C(=C\P(=O)(O)O)C(=O)Nc1ccccc1. The van der Waals surface area contributed by atoms with E-state index in [9.17, 15) is 9.36 Å². The highest BCUT2D eigenvalue weighted by Crippen LogP contribution is 2.37. The molecule has 0 aliphatic rings. The summed E-state index contributed by atoms with van der Waals surface area (Å²) in [6.45, 7) is 1.34. The van der Waals surface area contributed by atoms with Gasteiger partial charge < -0.3 is 15.1 Å². The predicted molar refractivity (Wildman–Crippen MR) is 60.9 cm³/mol. The Hall–Kier alpha value is -1.42. The average Bonchev–Trinajstić information content (AvgIpc) is 2.16. The third-order valence-electron chi connectivity index (χ3n) is 1.75. The molecule has 0 saturated carbocycles. The van der Waals surface area contributed by atoms with Gasteiger partial charge in [-0.1, -0.05) is 18.2 Å². The molecule has 0 heterocycles. The number of nitrogens with one attached hydrogen (secondary N) is 1. The van der Waals surface area contributed by atoms with Gasteiger partial charge >= 0.3 is 7.60 Å². The molecule has 1 aromatic carbocycles. The zero-order valence-corrected chi connectivity index (χ0v) is 9.52. The van der Waals surface area contributed by atoms with Crippen LogP contribution in [0.2, 0.25) is 0 Å². The van der Waals surface area contributed by atoms with Gasteiger partial charge in [-0.2, -0.15) is 0 Å². The Kier molecular flexibility index (Phi) is 4.01. The van der Waals surface area contributed by atoms with Crippen molar-refractivity contribution < 1.29 is 19.1 Å². The average molecular weight is 241 g/mol. The Balaban J connectivity index is 2.74. The molecular formula is C10H12NO4P. The Bertz CT molecular complexity index is 449. The molecule has 0 fully saturated rings. The molecule has 0 saturated heterocycles. The van der Waals surface area contributed by atoms with E-state index in [1.807, 2.05) is 0 Å². The van der Waals surface area contributed by atoms with Gasteiger partial charge in [0.05, 0.1) is 0 Å². The quantitative estimate of drug-likeness (QED) is 0.555. The number of anilines is 1.